The van der Waals surface area contributed by atoms with Crippen LogP contribution in [-0.4, -0.2) is 41.8 Å². The Labute approximate surface area is 93.9 Å². The van der Waals surface area contributed by atoms with Crippen LogP contribution in [0, 0.1) is 10.1 Å². The van der Waals surface area contributed by atoms with Gasteiger partial charge in [0.25, 0.3) is 5.96 Å². The zero-order valence-electron chi connectivity index (χ0n) is 9.26. The molecule has 1 aliphatic rings. The molecular formula is C9H16N4O3. The molecule has 0 aromatic heterocycles. The molecule has 0 spiro atoms. The van der Waals surface area contributed by atoms with Crippen LogP contribution in [0.5, 0.6) is 0 Å². The van der Waals surface area contributed by atoms with Crippen LogP contribution in [0.15, 0.2) is 17.8 Å². The van der Waals surface area contributed by atoms with Crippen molar-refractivity contribution in [1.82, 2.24) is 10.2 Å². The molecule has 1 atom stereocenters. The Bertz CT molecular complexity index is 292. The summed E-state index contributed by atoms with van der Waals surface area (Å²) in [6.45, 7) is 7.23. The average Bonchev–Trinajstić information content (AvgIpc) is 2.67. The van der Waals surface area contributed by atoms with Crippen molar-refractivity contribution >= 4 is 5.96 Å². The normalized spacial score (nSPS) is 19.6. The Kier molecular flexibility index (Phi) is 4.71. The highest BCUT2D eigenvalue weighted by Crippen LogP contribution is 2.10. The fraction of sp³-hybridized carbons (Fsp3) is 0.667. The maximum absolute atomic E-state index is 10.3. The molecule has 0 aromatic carbocycles. The monoisotopic (exact) mass is 228 g/mol. The van der Waals surface area contributed by atoms with Gasteiger partial charge in [-0.2, -0.15) is 0 Å². The summed E-state index contributed by atoms with van der Waals surface area (Å²) >= 11 is 0. The predicted octanol–water partition coefficient (Wildman–Crippen LogP) is 0.378. The topological polar surface area (TPSA) is 80.0 Å². The molecule has 1 heterocycles. The summed E-state index contributed by atoms with van der Waals surface area (Å²) in [6.07, 6.45) is 2.18. The van der Waals surface area contributed by atoms with Crippen LogP contribution in [0.25, 0.3) is 0 Å². The Hall–Kier alpha value is -1.63. The molecule has 1 saturated heterocycles. The van der Waals surface area contributed by atoms with Crippen molar-refractivity contribution in [2.24, 2.45) is 5.10 Å². The van der Waals surface area contributed by atoms with E-state index >= 15 is 0 Å². The second-order valence-electron chi connectivity index (χ2n) is 3.27. The summed E-state index contributed by atoms with van der Waals surface area (Å²) < 4.78 is 5.50. The summed E-state index contributed by atoms with van der Waals surface area (Å²) in [5.74, 6) is 0.265. The Balaban J connectivity index is 2.67. The maximum atomic E-state index is 10.3. The molecule has 16 heavy (non-hydrogen) atoms. The third kappa shape index (κ3) is 3.20. The smallest absolute Gasteiger partial charge is 0.273 e. The van der Waals surface area contributed by atoms with Crippen LogP contribution < -0.4 is 5.32 Å². The first-order valence-corrected chi connectivity index (χ1v) is 5.15. The molecule has 0 saturated carbocycles. The van der Waals surface area contributed by atoms with Crippen molar-refractivity contribution in [1.29, 1.82) is 0 Å². The molecule has 1 aliphatic heterocycles. The molecule has 1 N–H and O–H groups in total. The van der Waals surface area contributed by atoms with Gasteiger partial charge in [-0.15, -0.1) is 6.58 Å². The second-order valence-corrected chi connectivity index (χ2v) is 3.27. The first kappa shape index (κ1) is 12.4. The predicted molar refractivity (Wildman–Crippen MR) is 59.4 cm³/mol. The molecule has 1 fully saturated rings. The van der Waals surface area contributed by atoms with Crippen LogP contribution in [0.1, 0.15) is 13.3 Å². The van der Waals surface area contributed by atoms with Gasteiger partial charge in [0.1, 0.15) is 11.3 Å². The molecule has 7 nitrogen and oxygen atoms in total. The number of hydrogen-bond donors (Lipinski definition) is 1. The van der Waals surface area contributed by atoms with E-state index in [0.29, 0.717) is 19.7 Å². The highest BCUT2D eigenvalue weighted by Gasteiger charge is 2.27. The Morgan fingerprint density at radius 1 is 1.88 bits per heavy atom. The number of hydrazone groups is 1. The van der Waals surface area contributed by atoms with Gasteiger partial charge in [0.2, 0.25) is 0 Å². The average molecular weight is 228 g/mol. The van der Waals surface area contributed by atoms with E-state index in [1.807, 2.05) is 6.92 Å². The molecule has 0 aliphatic carbocycles. The number of guanidine groups is 1. The number of ether oxygens (including phenoxy) is 1. The van der Waals surface area contributed by atoms with Gasteiger partial charge in [-0.1, -0.05) is 13.0 Å². The van der Waals surface area contributed by atoms with Gasteiger partial charge in [0, 0.05) is 13.1 Å². The lowest BCUT2D eigenvalue weighted by molar-refractivity contribution is -0.486. The SMILES string of the molecule is C=CCOC(CC)N1CCNC1=N[N+](=O)[O-]. The maximum Gasteiger partial charge on any atom is 0.273 e. The molecule has 1 unspecified atom stereocenters. The fourth-order valence-corrected chi connectivity index (χ4v) is 1.55. The lowest BCUT2D eigenvalue weighted by atomic mass is 10.4. The molecule has 0 radical (unpaired) electrons. The van der Waals surface area contributed by atoms with Gasteiger partial charge >= 0.3 is 0 Å². The number of nitro groups is 1. The zero-order valence-corrected chi connectivity index (χ0v) is 9.26. The Morgan fingerprint density at radius 2 is 2.62 bits per heavy atom. The number of nitrogens with zero attached hydrogens (tertiary/aromatic N) is 3. The van der Waals surface area contributed by atoms with Gasteiger partial charge < -0.3 is 15.0 Å². The molecule has 0 bridgehead atoms. The molecule has 0 amide bonds. The van der Waals surface area contributed by atoms with Crippen LogP contribution >= 0.6 is 0 Å². The van der Waals surface area contributed by atoms with E-state index in [1.165, 1.54) is 0 Å². The van der Waals surface area contributed by atoms with Crippen LogP contribution in [0.2, 0.25) is 0 Å². The largest absolute Gasteiger partial charge is 0.354 e. The van der Waals surface area contributed by atoms with Gasteiger partial charge in [0.15, 0.2) is 5.03 Å². The van der Waals surface area contributed by atoms with Gasteiger partial charge in [-0.05, 0) is 6.42 Å². The minimum atomic E-state index is -0.707. The van der Waals surface area contributed by atoms with Crippen LogP contribution in [0.3, 0.4) is 0 Å². The first-order chi connectivity index (χ1) is 7.69. The number of hydrogen-bond acceptors (Lipinski definition) is 3. The lowest BCUT2D eigenvalue weighted by Crippen LogP contribution is -2.41. The minimum absolute atomic E-state index is 0.202. The van der Waals surface area contributed by atoms with E-state index < -0.39 is 5.03 Å². The fourth-order valence-electron chi connectivity index (χ4n) is 1.55. The van der Waals surface area contributed by atoms with Crippen molar-refractivity contribution in [2.75, 3.05) is 19.7 Å². The number of rotatable bonds is 6. The summed E-state index contributed by atoms with van der Waals surface area (Å²) in [7, 11) is 0. The minimum Gasteiger partial charge on any atom is -0.354 e. The summed E-state index contributed by atoms with van der Waals surface area (Å²) in [4.78, 5) is 12.1. The number of nitrogens with one attached hydrogen (secondary N) is 1. The first-order valence-electron chi connectivity index (χ1n) is 5.15. The van der Waals surface area contributed by atoms with Gasteiger partial charge in [-0.3, -0.25) is 0 Å². The standard InChI is InChI=1S/C9H16N4O3/c1-3-7-16-8(4-2)12-6-5-10-9(12)11-13(14)15/h3,8H,1,4-7H2,2H3,(H,10,11). The quantitative estimate of drug-likeness (QED) is 0.404. The molecule has 7 heteroatoms. The van der Waals surface area contributed by atoms with Crippen molar-refractivity contribution < 1.29 is 9.77 Å². The third-order valence-corrected chi connectivity index (χ3v) is 2.19. The highest BCUT2D eigenvalue weighted by atomic mass is 16.7. The van der Waals surface area contributed by atoms with Crippen molar-refractivity contribution in [3.8, 4) is 0 Å². The molecular weight excluding hydrogens is 212 g/mol. The molecule has 1 rings (SSSR count). The van der Waals surface area contributed by atoms with E-state index in [0.717, 1.165) is 6.42 Å². The van der Waals surface area contributed by atoms with E-state index in [9.17, 15) is 10.1 Å². The van der Waals surface area contributed by atoms with E-state index in [2.05, 4.69) is 17.0 Å². The van der Waals surface area contributed by atoms with Crippen molar-refractivity contribution in [3.05, 3.63) is 22.8 Å². The van der Waals surface area contributed by atoms with Crippen LogP contribution in [0.4, 0.5) is 0 Å². The van der Waals surface area contributed by atoms with E-state index in [4.69, 9.17) is 4.74 Å². The van der Waals surface area contributed by atoms with Gasteiger partial charge in [-0.25, -0.2) is 10.1 Å². The van der Waals surface area contributed by atoms with E-state index in [1.54, 1.807) is 11.0 Å². The van der Waals surface area contributed by atoms with Gasteiger partial charge in [0.05, 0.1) is 6.61 Å². The summed E-state index contributed by atoms with van der Waals surface area (Å²) in [6, 6.07) is 0. The highest BCUT2D eigenvalue weighted by molar-refractivity contribution is 5.81. The van der Waals surface area contributed by atoms with Crippen molar-refractivity contribution in [2.45, 2.75) is 19.6 Å². The summed E-state index contributed by atoms with van der Waals surface area (Å²) in [5, 5.41) is 15.8. The Morgan fingerprint density at radius 3 is 3.19 bits per heavy atom. The van der Waals surface area contributed by atoms with Crippen molar-refractivity contribution in [3.63, 3.8) is 0 Å². The second kappa shape index (κ2) is 6.06. The molecule has 90 valence electrons. The summed E-state index contributed by atoms with van der Waals surface area (Å²) in [5.41, 5.74) is 0. The van der Waals surface area contributed by atoms with Crippen LogP contribution in [-0.2, 0) is 4.74 Å². The lowest BCUT2D eigenvalue weighted by Gasteiger charge is -2.26. The molecule has 0 aromatic rings. The third-order valence-electron chi connectivity index (χ3n) is 2.19. The van der Waals surface area contributed by atoms with E-state index in [-0.39, 0.29) is 12.2 Å². The zero-order chi connectivity index (χ0) is 12.0.